The maximum absolute atomic E-state index is 12.0. The summed E-state index contributed by atoms with van der Waals surface area (Å²) < 4.78 is 0.790. The summed E-state index contributed by atoms with van der Waals surface area (Å²) in [5.41, 5.74) is 0.551. The predicted molar refractivity (Wildman–Crippen MR) is 101 cm³/mol. The highest BCUT2D eigenvalue weighted by atomic mass is 16.5. The summed E-state index contributed by atoms with van der Waals surface area (Å²) in [6, 6.07) is 5.16. The Labute approximate surface area is 163 Å². The average molecular weight is 393 g/mol. The average Bonchev–Trinajstić information content (AvgIpc) is 2.62. The van der Waals surface area contributed by atoms with E-state index in [2.05, 4.69) is 5.32 Å². The highest BCUT2D eigenvalue weighted by Gasteiger charge is 2.15. The van der Waals surface area contributed by atoms with Crippen molar-refractivity contribution in [1.29, 1.82) is 0 Å². The minimum Gasteiger partial charge on any atom is -0.618 e. The molecule has 0 unspecified atom stereocenters. The molecule has 1 aliphatic heterocycles. The van der Waals surface area contributed by atoms with E-state index in [0.717, 1.165) is 4.73 Å². The Bertz CT molecular complexity index is 684. The second-order valence-electron chi connectivity index (χ2n) is 6.57. The summed E-state index contributed by atoms with van der Waals surface area (Å²) in [5, 5.41) is 33.4. The van der Waals surface area contributed by atoms with Crippen LogP contribution in [-0.2, 0) is 16.1 Å². The minimum atomic E-state index is -0.920. The standard InChI is InChI=1S/C18H27N5O5/c24-17(25)14-20-7-4-19-5-8-21(15-18(26)27)10-12-22(11-9-20)13-16-3-1-2-6-23(16)28/h1-3,6,9,11,19H,4-5,7-8,10,12-15H2,(H,24,25)(H,26,27)/b11-9-. The zero-order valence-electron chi connectivity index (χ0n) is 15.7. The Morgan fingerprint density at radius 2 is 1.71 bits per heavy atom. The van der Waals surface area contributed by atoms with Crippen molar-refractivity contribution in [2.24, 2.45) is 0 Å². The molecule has 3 N–H and O–H groups in total. The van der Waals surface area contributed by atoms with Crippen LogP contribution in [0.2, 0.25) is 0 Å². The summed E-state index contributed by atoms with van der Waals surface area (Å²) in [6.07, 6.45) is 4.89. The zero-order valence-corrected chi connectivity index (χ0v) is 15.7. The lowest BCUT2D eigenvalue weighted by Crippen LogP contribution is -2.43. The van der Waals surface area contributed by atoms with Crippen LogP contribution >= 0.6 is 0 Å². The molecule has 0 fully saturated rings. The molecular formula is C18H27N5O5. The lowest BCUT2D eigenvalue weighted by molar-refractivity contribution is -0.615. The monoisotopic (exact) mass is 393 g/mol. The zero-order chi connectivity index (χ0) is 20.4. The lowest BCUT2D eigenvalue weighted by Gasteiger charge is -2.28. The first kappa shape index (κ1) is 21.5. The number of carboxylic acid groups (broad SMARTS) is 2. The van der Waals surface area contributed by atoms with E-state index in [1.807, 2.05) is 9.80 Å². The fourth-order valence-electron chi connectivity index (χ4n) is 2.88. The van der Waals surface area contributed by atoms with E-state index in [1.54, 1.807) is 35.5 Å². The van der Waals surface area contributed by atoms with E-state index in [9.17, 15) is 14.8 Å². The van der Waals surface area contributed by atoms with Gasteiger partial charge in [0.05, 0.1) is 6.54 Å². The third-order valence-electron chi connectivity index (χ3n) is 4.34. The van der Waals surface area contributed by atoms with E-state index in [0.29, 0.717) is 51.5 Å². The number of pyridine rings is 1. The Morgan fingerprint density at radius 3 is 2.43 bits per heavy atom. The highest BCUT2D eigenvalue weighted by molar-refractivity contribution is 5.69. The van der Waals surface area contributed by atoms with Gasteiger partial charge in [-0.3, -0.25) is 14.5 Å². The van der Waals surface area contributed by atoms with Gasteiger partial charge < -0.3 is 30.5 Å². The molecule has 0 aromatic carbocycles. The topological polar surface area (TPSA) is 123 Å². The number of hydrogen-bond donors (Lipinski definition) is 3. The second kappa shape index (κ2) is 11.1. The first-order valence-electron chi connectivity index (χ1n) is 9.14. The van der Waals surface area contributed by atoms with Crippen LogP contribution in [0.3, 0.4) is 0 Å². The molecule has 154 valence electrons. The molecule has 10 nitrogen and oxygen atoms in total. The molecule has 0 amide bonds. The van der Waals surface area contributed by atoms with Crippen molar-refractivity contribution in [3.8, 4) is 0 Å². The van der Waals surface area contributed by atoms with Crippen LogP contribution < -0.4 is 10.0 Å². The van der Waals surface area contributed by atoms with Gasteiger partial charge in [0.1, 0.15) is 13.1 Å². The molecule has 28 heavy (non-hydrogen) atoms. The summed E-state index contributed by atoms with van der Waals surface area (Å²) in [5.74, 6) is -1.81. The summed E-state index contributed by atoms with van der Waals surface area (Å²) in [6.45, 7) is 3.41. The lowest BCUT2D eigenvalue weighted by atomic mass is 10.3. The van der Waals surface area contributed by atoms with Crippen molar-refractivity contribution in [2.75, 3.05) is 52.4 Å². The second-order valence-corrected chi connectivity index (χ2v) is 6.57. The smallest absolute Gasteiger partial charge is 0.323 e. The largest absolute Gasteiger partial charge is 0.618 e. The van der Waals surface area contributed by atoms with E-state index in [1.165, 1.54) is 6.20 Å². The van der Waals surface area contributed by atoms with E-state index >= 15 is 0 Å². The number of aromatic nitrogens is 1. The number of nitrogens with one attached hydrogen (secondary N) is 1. The summed E-state index contributed by atoms with van der Waals surface area (Å²) in [4.78, 5) is 27.6. The van der Waals surface area contributed by atoms with E-state index in [4.69, 9.17) is 10.2 Å². The Kier molecular flexibility index (Phi) is 8.50. The van der Waals surface area contributed by atoms with Crippen LogP contribution in [0, 0.1) is 5.21 Å². The molecule has 10 heteroatoms. The quantitative estimate of drug-likeness (QED) is 0.411. The van der Waals surface area contributed by atoms with Crippen molar-refractivity contribution in [1.82, 2.24) is 20.0 Å². The molecule has 0 atom stereocenters. The van der Waals surface area contributed by atoms with Crippen LogP contribution in [0.4, 0.5) is 0 Å². The van der Waals surface area contributed by atoms with E-state index < -0.39 is 11.9 Å². The number of aliphatic carboxylic acids is 2. The van der Waals surface area contributed by atoms with Crippen LogP contribution in [0.1, 0.15) is 5.69 Å². The predicted octanol–water partition coefficient (Wildman–Crippen LogP) is -1.03. The first-order chi connectivity index (χ1) is 13.4. The molecule has 1 aliphatic rings. The maximum atomic E-state index is 12.0. The Hall–Kier alpha value is -2.85. The molecule has 0 spiro atoms. The summed E-state index contributed by atoms with van der Waals surface area (Å²) in [7, 11) is 0. The number of carbonyl (C=O) groups is 2. The number of hydrogen-bond acceptors (Lipinski definition) is 7. The van der Waals surface area contributed by atoms with Crippen molar-refractivity contribution in [3.63, 3.8) is 0 Å². The van der Waals surface area contributed by atoms with Gasteiger partial charge in [0.2, 0.25) is 5.69 Å². The molecule has 0 saturated carbocycles. The van der Waals surface area contributed by atoms with Crippen LogP contribution in [0.25, 0.3) is 0 Å². The van der Waals surface area contributed by atoms with Gasteiger partial charge in [0, 0.05) is 63.8 Å². The molecule has 2 heterocycles. The van der Waals surface area contributed by atoms with Crippen molar-refractivity contribution >= 4 is 11.9 Å². The van der Waals surface area contributed by atoms with E-state index in [-0.39, 0.29) is 13.1 Å². The Morgan fingerprint density at radius 1 is 1.00 bits per heavy atom. The van der Waals surface area contributed by atoms with Gasteiger partial charge in [-0.25, -0.2) is 0 Å². The number of nitrogens with zero attached hydrogens (tertiary/aromatic N) is 4. The Balaban J connectivity index is 2.16. The molecule has 0 bridgehead atoms. The fraction of sp³-hybridized carbons (Fsp3) is 0.500. The molecule has 2 rings (SSSR count). The highest BCUT2D eigenvalue weighted by Crippen LogP contribution is 2.04. The van der Waals surface area contributed by atoms with Gasteiger partial charge in [-0.05, 0) is 6.07 Å². The molecule has 0 saturated heterocycles. The number of rotatable bonds is 6. The molecular weight excluding hydrogens is 366 g/mol. The number of carboxylic acids is 2. The molecule has 0 radical (unpaired) electrons. The van der Waals surface area contributed by atoms with Crippen LogP contribution in [-0.4, -0.2) is 89.2 Å². The van der Waals surface area contributed by atoms with Crippen LogP contribution in [0.15, 0.2) is 36.8 Å². The molecule has 1 aromatic rings. The van der Waals surface area contributed by atoms with Gasteiger partial charge >= 0.3 is 11.9 Å². The normalized spacial score (nSPS) is 18.1. The molecule has 0 aliphatic carbocycles. The van der Waals surface area contributed by atoms with Gasteiger partial charge in [-0.15, -0.1) is 0 Å². The van der Waals surface area contributed by atoms with Gasteiger partial charge in [-0.1, -0.05) is 0 Å². The van der Waals surface area contributed by atoms with Gasteiger partial charge in [0.25, 0.3) is 0 Å². The maximum Gasteiger partial charge on any atom is 0.323 e. The molecule has 1 aromatic heterocycles. The van der Waals surface area contributed by atoms with Crippen molar-refractivity contribution in [2.45, 2.75) is 6.54 Å². The third kappa shape index (κ3) is 7.80. The first-order valence-corrected chi connectivity index (χ1v) is 9.14. The van der Waals surface area contributed by atoms with Crippen molar-refractivity contribution < 1.29 is 24.5 Å². The fourth-order valence-corrected chi connectivity index (χ4v) is 2.88. The van der Waals surface area contributed by atoms with Gasteiger partial charge in [-0.2, -0.15) is 4.73 Å². The van der Waals surface area contributed by atoms with Crippen molar-refractivity contribution in [3.05, 3.63) is 47.7 Å². The summed E-state index contributed by atoms with van der Waals surface area (Å²) >= 11 is 0. The third-order valence-corrected chi connectivity index (χ3v) is 4.34. The SMILES string of the molecule is O=C(O)CN1/C=C\N(Cc2cccc[n+]2[O-])CCN(CC(=O)O)CCNCC1. The van der Waals surface area contributed by atoms with Crippen LogP contribution in [0.5, 0.6) is 0 Å². The minimum absolute atomic E-state index is 0.0583. The van der Waals surface area contributed by atoms with Gasteiger partial charge in [0.15, 0.2) is 6.20 Å².